The van der Waals surface area contributed by atoms with E-state index in [4.69, 9.17) is 9.47 Å². The van der Waals surface area contributed by atoms with Crippen molar-refractivity contribution in [3.63, 3.8) is 0 Å². The van der Waals surface area contributed by atoms with Crippen LogP contribution < -0.4 is 20.1 Å². The quantitative estimate of drug-likeness (QED) is 0.448. The molecule has 1 aromatic carbocycles. The van der Waals surface area contributed by atoms with E-state index in [0.717, 1.165) is 24.5 Å². The summed E-state index contributed by atoms with van der Waals surface area (Å²) < 4.78 is 10.5. The first kappa shape index (κ1) is 21.0. The number of ether oxygens (including phenoxy) is 2. The molecule has 3 N–H and O–H groups in total. The van der Waals surface area contributed by atoms with Gasteiger partial charge < -0.3 is 25.2 Å². The van der Waals surface area contributed by atoms with Gasteiger partial charge in [0.2, 0.25) is 0 Å². The van der Waals surface area contributed by atoms with Crippen LogP contribution in [0.2, 0.25) is 0 Å². The van der Waals surface area contributed by atoms with Gasteiger partial charge in [-0.2, -0.15) is 0 Å². The van der Waals surface area contributed by atoms with Gasteiger partial charge in [0.1, 0.15) is 11.5 Å². The minimum Gasteiger partial charge on any atom is -0.497 e. The Hall–Kier alpha value is -2.32. The van der Waals surface area contributed by atoms with E-state index in [1.54, 1.807) is 43.8 Å². The molecule has 2 aromatic rings. The van der Waals surface area contributed by atoms with Gasteiger partial charge in [-0.3, -0.25) is 4.99 Å². The number of hydrogen-bond donors (Lipinski definition) is 3. The van der Waals surface area contributed by atoms with E-state index < -0.39 is 6.10 Å². The van der Waals surface area contributed by atoms with E-state index in [2.05, 4.69) is 27.5 Å². The zero-order valence-corrected chi connectivity index (χ0v) is 17.1. The second-order valence-electron chi connectivity index (χ2n) is 5.92. The normalized spacial score (nSPS) is 12.6. The largest absolute Gasteiger partial charge is 0.497 e. The molecule has 0 saturated carbocycles. The van der Waals surface area contributed by atoms with Crippen LogP contribution in [0.25, 0.3) is 0 Å². The van der Waals surface area contributed by atoms with Crippen molar-refractivity contribution in [1.82, 2.24) is 15.6 Å². The lowest BCUT2D eigenvalue weighted by atomic mass is 10.1. The maximum atomic E-state index is 10.5. The summed E-state index contributed by atoms with van der Waals surface area (Å²) in [7, 11) is 3.17. The standard InChI is InChI=1S/C19H28N4O3S/c1-5-20-19(21-7-6-18-22-11-13(2)27-18)23-12-17(24)14-8-15(25-3)10-16(9-14)26-4/h8-11,17,24H,5-7,12H2,1-4H3,(H2,20,21,23). The first-order valence-electron chi connectivity index (χ1n) is 8.90. The lowest BCUT2D eigenvalue weighted by Gasteiger charge is -2.14. The van der Waals surface area contributed by atoms with Gasteiger partial charge in [0, 0.05) is 36.7 Å². The maximum Gasteiger partial charge on any atom is 0.191 e. The SMILES string of the molecule is CCNC(=NCC(O)c1cc(OC)cc(OC)c1)NCCc1ncc(C)s1. The van der Waals surface area contributed by atoms with E-state index >= 15 is 0 Å². The predicted octanol–water partition coefficient (Wildman–Crippen LogP) is 2.30. The molecule has 0 radical (unpaired) electrons. The van der Waals surface area contributed by atoms with Crippen molar-refractivity contribution in [1.29, 1.82) is 0 Å². The highest BCUT2D eigenvalue weighted by molar-refractivity contribution is 7.11. The first-order valence-corrected chi connectivity index (χ1v) is 9.71. The third kappa shape index (κ3) is 6.73. The summed E-state index contributed by atoms with van der Waals surface area (Å²) in [4.78, 5) is 10.1. The molecular weight excluding hydrogens is 364 g/mol. The smallest absolute Gasteiger partial charge is 0.191 e. The fraction of sp³-hybridized carbons (Fsp3) is 0.474. The molecule has 27 heavy (non-hydrogen) atoms. The van der Waals surface area contributed by atoms with Crippen molar-refractivity contribution in [2.75, 3.05) is 33.9 Å². The summed E-state index contributed by atoms with van der Waals surface area (Å²) >= 11 is 1.70. The number of aliphatic hydroxyl groups is 1. The number of rotatable bonds is 9. The molecule has 0 aliphatic rings. The van der Waals surface area contributed by atoms with Gasteiger partial charge in [-0.15, -0.1) is 11.3 Å². The van der Waals surface area contributed by atoms with Crippen molar-refractivity contribution >= 4 is 17.3 Å². The Bertz CT molecular complexity index is 726. The predicted molar refractivity (Wildman–Crippen MR) is 109 cm³/mol. The van der Waals surface area contributed by atoms with Crippen LogP contribution in [0.5, 0.6) is 11.5 Å². The Morgan fingerprint density at radius 3 is 2.48 bits per heavy atom. The highest BCUT2D eigenvalue weighted by Crippen LogP contribution is 2.26. The number of methoxy groups -OCH3 is 2. The van der Waals surface area contributed by atoms with E-state index in [9.17, 15) is 5.11 Å². The lowest BCUT2D eigenvalue weighted by molar-refractivity contribution is 0.186. The molecular formula is C19H28N4O3S. The van der Waals surface area contributed by atoms with Crippen molar-refractivity contribution in [3.05, 3.63) is 39.8 Å². The third-order valence-corrected chi connectivity index (χ3v) is 4.80. The lowest BCUT2D eigenvalue weighted by Crippen LogP contribution is -2.38. The molecule has 148 valence electrons. The van der Waals surface area contributed by atoms with Crippen LogP contribution in [0.3, 0.4) is 0 Å². The Morgan fingerprint density at radius 1 is 1.22 bits per heavy atom. The second kappa shape index (κ2) is 10.7. The number of aromatic nitrogens is 1. The number of benzene rings is 1. The topological polar surface area (TPSA) is 88.0 Å². The van der Waals surface area contributed by atoms with Crippen LogP contribution in [0, 0.1) is 6.92 Å². The number of nitrogens with one attached hydrogen (secondary N) is 2. The second-order valence-corrected chi connectivity index (χ2v) is 7.24. The van der Waals surface area contributed by atoms with Gasteiger partial charge in [-0.1, -0.05) is 0 Å². The van der Waals surface area contributed by atoms with E-state index in [0.29, 0.717) is 23.0 Å². The third-order valence-electron chi connectivity index (χ3n) is 3.83. The summed E-state index contributed by atoms with van der Waals surface area (Å²) in [5, 5.41) is 18.1. The summed E-state index contributed by atoms with van der Waals surface area (Å²) in [6.45, 7) is 5.75. The van der Waals surface area contributed by atoms with Crippen LogP contribution in [-0.2, 0) is 6.42 Å². The number of aliphatic imine (C=N–C) groups is 1. The first-order chi connectivity index (χ1) is 13.0. The van der Waals surface area contributed by atoms with Crippen molar-refractivity contribution in [2.45, 2.75) is 26.4 Å². The Morgan fingerprint density at radius 2 is 1.93 bits per heavy atom. The van der Waals surface area contributed by atoms with E-state index in [1.807, 2.05) is 13.1 Å². The van der Waals surface area contributed by atoms with Gasteiger partial charge >= 0.3 is 0 Å². The van der Waals surface area contributed by atoms with Crippen molar-refractivity contribution in [2.24, 2.45) is 4.99 Å². The fourth-order valence-corrected chi connectivity index (χ4v) is 3.24. The summed E-state index contributed by atoms with van der Waals surface area (Å²) in [5.41, 5.74) is 0.698. The molecule has 1 aromatic heterocycles. The number of aliphatic hydroxyl groups excluding tert-OH is 1. The number of nitrogens with zero attached hydrogens (tertiary/aromatic N) is 2. The number of thiazole rings is 1. The van der Waals surface area contributed by atoms with Crippen LogP contribution in [-0.4, -0.2) is 49.9 Å². The van der Waals surface area contributed by atoms with Gasteiger partial charge in [-0.05, 0) is 31.5 Å². The number of guanidine groups is 1. The highest BCUT2D eigenvalue weighted by Gasteiger charge is 2.11. The summed E-state index contributed by atoms with van der Waals surface area (Å²) in [6, 6.07) is 5.34. The molecule has 0 aliphatic carbocycles. The number of aryl methyl sites for hydroxylation is 1. The molecule has 8 heteroatoms. The molecule has 1 heterocycles. The summed E-state index contributed by atoms with van der Waals surface area (Å²) in [5.74, 6) is 1.94. The monoisotopic (exact) mass is 392 g/mol. The number of hydrogen-bond acceptors (Lipinski definition) is 6. The summed E-state index contributed by atoms with van der Waals surface area (Å²) in [6.07, 6.45) is 1.96. The zero-order chi connectivity index (χ0) is 19.6. The molecule has 0 aliphatic heterocycles. The highest BCUT2D eigenvalue weighted by atomic mass is 32.1. The molecule has 0 saturated heterocycles. The van der Waals surface area contributed by atoms with Crippen LogP contribution in [0.4, 0.5) is 0 Å². The Kier molecular flexibility index (Phi) is 8.35. The molecule has 0 bridgehead atoms. The van der Waals surface area contributed by atoms with E-state index in [-0.39, 0.29) is 6.54 Å². The minimum atomic E-state index is -0.758. The average Bonchev–Trinajstić information content (AvgIpc) is 3.10. The van der Waals surface area contributed by atoms with Crippen molar-refractivity contribution < 1.29 is 14.6 Å². The van der Waals surface area contributed by atoms with Crippen molar-refractivity contribution in [3.8, 4) is 11.5 Å². The molecule has 0 spiro atoms. The van der Waals surface area contributed by atoms with Gasteiger partial charge in [0.25, 0.3) is 0 Å². The van der Waals surface area contributed by atoms with Crippen LogP contribution in [0.15, 0.2) is 29.4 Å². The maximum absolute atomic E-state index is 10.5. The van der Waals surface area contributed by atoms with E-state index in [1.165, 1.54) is 4.88 Å². The Labute approximate surface area is 164 Å². The molecule has 2 rings (SSSR count). The van der Waals surface area contributed by atoms with Gasteiger partial charge in [0.05, 0.1) is 31.9 Å². The average molecular weight is 393 g/mol. The van der Waals surface area contributed by atoms with Gasteiger partial charge in [0.15, 0.2) is 5.96 Å². The molecule has 0 amide bonds. The molecule has 0 fully saturated rings. The van der Waals surface area contributed by atoms with Crippen LogP contribution in [0.1, 0.15) is 28.5 Å². The van der Waals surface area contributed by atoms with Gasteiger partial charge in [-0.25, -0.2) is 4.98 Å². The fourth-order valence-electron chi connectivity index (χ4n) is 2.45. The zero-order valence-electron chi connectivity index (χ0n) is 16.3. The molecule has 1 atom stereocenters. The minimum absolute atomic E-state index is 0.224. The molecule has 7 nitrogen and oxygen atoms in total. The molecule has 1 unspecified atom stereocenters. The Balaban J connectivity index is 1.96. The van der Waals surface area contributed by atoms with Crippen LogP contribution >= 0.6 is 11.3 Å².